The van der Waals surface area contributed by atoms with Gasteiger partial charge in [-0.3, -0.25) is 14.4 Å². The van der Waals surface area contributed by atoms with Gasteiger partial charge in [0, 0.05) is 16.8 Å². The van der Waals surface area contributed by atoms with Gasteiger partial charge in [-0.2, -0.15) is 0 Å². The van der Waals surface area contributed by atoms with E-state index in [-0.39, 0.29) is 23.4 Å². The van der Waals surface area contributed by atoms with Gasteiger partial charge in [-0.1, -0.05) is 30.3 Å². The molecule has 2 amide bonds. The van der Waals surface area contributed by atoms with Crippen molar-refractivity contribution in [3.05, 3.63) is 94.0 Å². The number of carboxylic acids is 1. The molecule has 3 aromatic carbocycles. The summed E-state index contributed by atoms with van der Waals surface area (Å²) in [6.45, 7) is 5.41. The summed E-state index contributed by atoms with van der Waals surface area (Å²) in [4.78, 5) is 46.3. The number of nitrogens with one attached hydrogen (secondary N) is 2. The fraction of sp³-hybridized carbons (Fsp3) is 0.281. The maximum Gasteiger partial charge on any atom is 0.336 e. The molecule has 0 unspecified atom stereocenters. The summed E-state index contributed by atoms with van der Waals surface area (Å²) in [7, 11) is 3.61. The van der Waals surface area contributed by atoms with E-state index in [0.29, 0.717) is 39.3 Å². The van der Waals surface area contributed by atoms with E-state index in [2.05, 4.69) is 22.6 Å². The first-order valence-corrected chi connectivity index (χ1v) is 13.6. The average molecular weight is 555 g/mol. The Kier molecular flexibility index (Phi) is 7.92. The normalized spacial score (nSPS) is 16.6. The number of benzene rings is 3. The number of carboxylic acid groups (broad SMARTS) is 1. The third-order valence-corrected chi connectivity index (χ3v) is 7.79. The lowest BCUT2D eigenvalue weighted by atomic mass is 9.96. The van der Waals surface area contributed by atoms with Crippen LogP contribution >= 0.6 is 0 Å². The first-order chi connectivity index (χ1) is 19.7. The van der Waals surface area contributed by atoms with E-state index >= 15 is 0 Å². The van der Waals surface area contributed by atoms with Crippen LogP contribution in [0.3, 0.4) is 0 Å². The van der Waals surface area contributed by atoms with Gasteiger partial charge in [0.15, 0.2) is 0 Å². The molecule has 41 heavy (non-hydrogen) atoms. The van der Waals surface area contributed by atoms with Gasteiger partial charge < -0.3 is 20.6 Å². The van der Waals surface area contributed by atoms with Gasteiger partial charge in [0.2, 0.25) is 0 Å². The highest BCUT2D eigenvalue weighted by Crippen LogP contribution is 2.39. The van der Waals surface area contributed by atoms with Gasteiger partial charge in [-0.05, 0) is 93.8 Å². The number of aromatic carboxylic acids is 1. The van der Waals surface area contributed by atoms with Crippen LogP contribution < -0.4 is 10.6 Å². The van der Waals surface area contributed by atoms with Crippen molar-refractivity contribution in [1.29, 1.82) is 0 Å². The van der Waals surface area contributed by atoms with Crippen LogP contribution in [0, 0.1) is 13.8 Å². The predicted molar refractivity (Wildman–Crippen MR) is 159 cm³/mol. The zero-order valence-corrected chi connectivity index (χ0v) is 23.7. The number of aryl methyl sites for hydroxylation is 2. The molecule has 0 spiro atoms. The number of fused-ring (bicyclic) bond motifs is 1. The van der Waals surface area contributed by atoms with E-state index in [4.69, 9.17) is 4.84 Å². The number of anilines is 2. The number of amides is 2. The number of rotatable bonds is 7. The van der Waals surface area contributed by atoms with Crippen molar-refractivity contribution in [2.75, 3.05) is 37.9 Å². The van der Waals surface area contributed by atoms with Gasteiger partial charge in [-0.15, -0.1) is 0 Å². The number of likely N-dealkylation sites (tertiary alicyclic amines) is 1. The fourth-order valence-corrected chi connectivity index (χ4v) is 5.56. The highest BCUT2D eigenvalue weighted by Gasteiger charge is 2.31. The Labute approximate surface area is 239 Å². The summed E-state index contributed by atoms with van der Waals surface area (Å²) in [6.07, 6.45) is 1.69. The van der Waals surface area contributed by atoms with Crippen LogP contribution in [0.4, 0.5) is 11.4 Å². The topological polar surface area (TPSA) is 111 Å². The van der Waals surface area contributed by atoms with Crippen LogP contribution in [0.25, 0.3) is 11.3 Å². The molecule has 3 N–H and O–H groups in total. The van der Waals surface area contributed by atoms with Gasteiger partial charge in [-0.25, -0.2) is 9.86 Å². The SMILES string of the molecule is CON(C(=O)c1ccc(NC(=C2C(=O)Nc3cc(C(=O)O)c(C)cc32)c2ccccc2)cc1C)C1CCN(C)CC1. The largest absolute Gasteiger partial charge is 0.478 e. The van der Waals surface area contributed by atoms with E-state index in [1.807, 2.05) is 49.4 Å². The van der Waals surface area contributed by atoms with Crippen molar-refractivity contribution < 1.29 is 24.3 Å². The lowest BCUT2D eigenvalue weighted by Crippen LogP contribution is -2.46. The Bertz CT molecular complexity index is 1540. The maximum absolute atomic E-state index is 13.5. The average Bonchev–Trinajstić information content (AvgIpc) is 3.27. The molecule has 0 radical (unpaired) electrons. The minimum atomic E-state index is -1.05. The first kappa shape index (κ1) is 28.1. The first-order valence-electron chi connectivity index (χ1n) is 13.6. The second-order valence-corrected chi connectivity index (χ2v) is 10.6. The molecule has 2 heterocycles. The summed E-state index contributed by atoms with van der Waals surface area (Å²) < 4.78 is 0. The van der Waals surface area contributed by atoms with Crippen LogP contribution in [-0.2, 0) is 9.63 Å². The molecule has 5 rings (SSSR count). The molecule has 0 saturated carbocycles. The van der Waals surface area contributed by atoms with E-state index in [1.165, 1.54) is 18.2 Å². The van der Waals surface area contributed by atoms with Crippen LogP contribution in [-0.4, -0.2) is 66.1 Å². The Hall–Kier alpha value is -4.47. The summed E-state index contributed by atoms with van der Waals surface area (Å²) >= 11 is 0. The van der Waals surface area contributed by atoms with E-state index in [9.17, 15) is 19.5 Å². The van der Waals surface area contributed by atoms with E-state index in [1.54, 1.807) is 19.1 Å². The van der Waals surface area contributed by atoms with Crippen molar-refractivity contribution >= 4 is 40.4 Å². The molecule has 2 aliphatic rings. The van der Waals surface area contributed by atoms with Crippen LogP contribution in [0.5, 0.6) is 0 Å². The fourth-order valence-electron chi connectivity index (χ4n) is 5.56. The number of piperidine rings is 1. The molecule has 2 aliphatic heterocycles. The molecule has 1 fully saturated rings. The molecule has 1 saturated heterocycles. The Morgan fingerprint density at radius 3 is 2.32 bits per heavy atom. The lowest BCUT2D eigenvalue weighted by Gasteiger charge is -2.35. The number of carbonyl (C=O) groups excluding carboxylic acids is 2. The number of hydrogen-bond acceptors (Lipinski definition) is 6. The number of hydrogen-bond donors (Lipinski definition) is 3. The van der Waals surface area contributed by atoms with Gasteiger partial charge >= 0.3 is 5.97 Å². The number of carbonyl (C=O) groups is 3. The van der Waals surface area contributed by atoms with Gasteiger partial charge in [0.25, 0.3) is 11.8 Å². The molecule has 0 aliphatic carbocycles. The second kappa shape index (κ2) is 11.6. The van der Waals surface area contributed by atoms with Crippen molar-refractivity contribution in [2.45, 2.75) is 32.7 Å². The number of nitrogens with zero attached hydrogens (tertiary/aromatic N) is 2. The number of hydroxylamine groups is 2. The molecule has 9 nitrogen and oxygen atoms in total. The standard InChI is InChI=1S/C32H34N4O5/c1-19-16-22(10-11-24(19)31(38)36(41-4)23-12-14-35(3)15-13-23)33-29(21-8-6-5-7-9-21)28-26-17-20(2)25(32(39)40)18-27(26)34-30(28)37/h5-11,16-18,23,33H,12-15H2,1-4H3,(H,34,37)(H,39,40). The maximum atomic E-state index is 13.5. The Morgan fingerprint density at radius 1 is 1.00 bits per heavy atom. The molecule has 9 heteroatoms. The quantitative estimate of drug-likeness (QED) is 0.277. The zero-order chi connectivity index (χ0) is 29.3. The van der Waals surface area contributed by atoms with Crippen LogP contribution in [0.1, 0.15) is 55.8 Å². The summed E-state index contributed by atoms with van der Waals surface area (Å²) in [5.41, 5.74) is 5.57. The summed E-state index contributed by atoms with van der Waals surface area (Å²) in [6, 6.07) is 18.2. The third-order valence-electron chi connectivity index (χ3n) is 7.79. The third kappa shape index (κ3) is 5.59. The zero-order valence-electron chi connectivity index (χ0n) is 23.7. The lowest BCUT2D eigenvalue weighted by molar-refractivity contribution is -0.132. The minimum Gasteiger partial charge on any atom is -0.478 e. The second-order valence-electron chi connectivity index (χ2n) is 10.6. The molecule has 3 aromatic rings. The molecule has 0 atom stereocenters. The predicted octanol–water partition coefficient (Wildman–Crippen LogP) is 5.03. The minimum absolute atomic E-state index is 0.0152. The molecule has 212 valence electrons. The van der Waals surface area contributed by atoms with E-state index < -0.39 is 5.97 Å². The van der Waals surface area contributed by atoms with Crippen molar-refractivity contribution in [3.63, 3.8) is 0 Å². The Balaban J connectivity index is 1.51. The molecule has 0 aromatic heterocycles. The van der Waals surface area contributed by atoms with Crippen LogP contribution in [0.2, 0.25) is 0 Å². The highest BCUT2D eigenvalue weighted by atomic mass is 16.7. The van der Waals surface area contributed by atoms with Crippen molar-refractivity contribution in [2.24, 2.45) is 0 Å². The van der Waals surface area contributed by atoms with Crippen LogP contribution in [0.15, 0.2) is 60.7 Å². The molecular weight excluding hydrogens is 520 g/mol. The molecular formula is C32H34N4O5. The summed E-state index contributed by atoms with van der Waals surface area (Å²) in [5.74, 6) is -1.56. The van der Waals surface area contributed by atoms with Gasteiger partial charge in [0.1, 0.15) is 0 Å². The van der Waals surface area contributed by atoms with E-state index in [0.717, 1.165) is 37.1 Å². The molecule has 0 bridgehead atoms. The highest BCUT2D eigenvalue weighted by molar-refractivity contribution is 6.37. The smallest absolute Gasteiger partial charge is 0.336 e. The Morgan fingerprint density at radius 2 is 1.68 bits per heavy atom. The van der Waals surface area contributed by atoms with Crippen molar-refractivity contribution in [1.82, 2.24) is 9.96 Å². The van der Waals surface area contributed by atoms with Crippen molar-refractivity contribution in [3.8, 4) is 0 Å². The summed E-state index contributed by atoms with van der Waals surface area (Å²) in [5, 5.41) is 17.3. The van der Waals surface area contributed by atoms with Gasteiger partial charge in [0.05, 0.1) is 35.7 Å². The monoisotopic (exact) mass is 554 g/mol.